The number of ketones is 2. The standard InChI is InChI=1S/C43H28ClN3O6S/c1-2-3-18-54-25-12-14-28-32(20-25)43(53)47(42(28)52)34-17-10-23(21-46-40(50)29-8-4-6-22-7-5-9-30(35(22)29)41(46)51)26-15-16-33(45-37(26)34)36-38(48)27-13-11-24(44)19-31(27)39(36)49/h4-17,19-20,36H,2-3,18,21H2,1H3. The summed E-state index contributed by atoms with van der Waals surface area (Å²) >= 11 is 7.79. The zero-order valence-electron chi connectivity index (χ0n) is 28.7. The lowest BCUT2D eigenvalue weighted by molar-refractivity contribution is 0.0597. The highest BCUT2D eigenvalue weighted by molar-refractivity contribution is 7.99. The number of halogens is 1. The molecule has 0 radical (unpaired) electrons. The average molecular weight is 750 g/mol. The number of imide groups is 2. The fraction of sp³-hybridized carbons (Fsp3) is 0.140. The van der Waals surface area contributed by atoms with Crippen LogP contribution in [0.4, 0.5) is 5.69 Å². The average Bonchev–Trinajstić information content (AvgIpc) is 3.57. The van der Waals surface area contributed by atoms with Gasteiger partial charge in [0.1, 0.15) is 5.92 Å². The first kappa shape index (κ1) is 33.8. The Labute approximate surface area is 317 Å². The molecule has 9 nitrogen and oxygen atoms in total. The van der Waals surface area contributed by atoms with Crippen LogP contribution in [0.15, 0.2) is 102 Å². The predicted octanol–water partition coefficient (Wildman–Crippen LogP) is 8.69. The zero-order valence-corrected chi connectivity index (χ0v) is 30.3. The first-order chi connectivity index (χ1) is 26.2. The van der Waals surface area contributed by atoms with E-state index in [0.29, 0.717) is 32.5 Å². The summed E-state index contributed by atoms with van der Waals surface area (Å²) in [6.07, 6.45) is 2.04. The van der Waals surface area contributed by atoms with E-state index in [1.807, 2.05) is 18.2 Å². The van der Waals surface area contributed by atoms with Gasteiger partial charge in [0, 0.05) is 42.9 Å². The van der Waals surface area contributed by atoms with Crippen LogP contribution in [0.1, 0.15) is 99.1 Å². The Morgan fingerprint density at radius 1 is 0.685 bits per heavy atom. The Morgan fingerprint density at radius 2 is 1.39 bits per heavy atom. The summed E-state index contributed by atoms with van der Waals surface area (Å²) in [5, 5.41) is 2.13. The van der Waals surface area contributed by atoms with E-state index in [1.165, 1.54) is 17.0 Å². The molecule has 0 spiro atoms. The Hall–Kier alpha value is -5.97. The molecule has 3 aliphatic rings. The molecule has 5 aromatic carbocycles. The molecule has 0 saturated carbocycles. The van der Waals surface area contributed by atoms with E-state index in [-0.39, 0.29) is 45.7 Å². The number of hydrogen-bond acceptors (Lipinski definition) is 8. The minimum atomic E-state index is -1.27. The minimum Gasteiger partial charge on any atom is -0.293 e. The molecule has 0 saturated heterocycles. The van der Waals surface area contributed by atoms with Gasteiger partial charge in [-0.25, -0.2) is 9.88 Å². The van der Waals surface area contributed by atoms with Gasteiger partial charge in [0.15, 0.2) is 11.6 Å². The first-order valence-electron chi connectivity index (χ1n) is 17.5. The Morgan fingerprint density at radius 3 is 2.13 bits per heavy atom. The molecule has 54 heavy (non-hydrogen) atoms. The number of unbranched alkanes of at least 4 members (excludes halogenated alkanes) is 1. The number of anilines is 1. The van der Waals surface area contributed by atoms with Crippen molar-refractivity contribution in [1.82, 2.24) is 9.88 Å². The lowest BCUT2D eigenvalue weighted by atomic mass is 9.93. The largest absolute Gasteiger partial charge is 0.293 e. The summed E-state index contributed by atoms with van der Waals surface area (Å²) in [4.78, 5) is 91.2. The van der Waals surface area contributed by atoms with E-state index in [0.717, 1.165) is 33.8 Å². The third kappa shape index (κ3) is 5.12. The molecule has 6 aromatic rings. The number of rotatable bonds is 8. The van der Waals surface area contributed by atoms with Gasteiger partial charge >= 0.3 is 0 Å². The van der Waals surface area contributed by atoms with Gasteiger partial charge in [0.2, 0.25) is 0 Å². The summed E-state index contributed by atoms with van der Waals surface area (Å²) in [7, 11) is 0. The van der Waals surface area contributed by atoms with Crippen LogP contribution in [-0.4, -0.2) is 50.8 Å². The van der Waals surface area contributed by atoms with Crippen molar-refractivity contribution < 1.29 is 28.8 Å². The lowest BCUT2D eigenvalue weighted by Gasteiger charge is -2.28. The molecule has 9 rings (SSSR count). The van der Waals surface area contributed by atoms with Crippen LogP contribution < -0.4 is 4.90 Å². The van der Waals surface area contributed by atoms with Gasteiger partial charge in [0.25, 0.3) is 23.6 Å². The van der Waals surface area contributed by atoms with Gasteiger partial charge in [-0.3, -0.25) is 33.7 Å². The topological polar surface area (TPSA) is 122 Å². The normalized spacial score (nSPS) is 16.3. The Balaban J connectivity index is 1.16. The van der Waals surface area contributed by atoms with Crippen molar-refractivity contribution in [3.63, 3.8) is 0 Å². The van der Waals surface area contributed by atoms with E-state index < -0.39 is 41.1 Å². The number of amides is 4. The summed E-state index contributed by atoms with van der Waals surface area (Å²) in [6, 6.07) is 26.8. The predicted molar refractivity (Wildman–Crippen MR) is 206 cm³/mol. The van der Waals surface area contributed by atoms with Gasteiger partial charge in [-0.2, -0.15) is 0 Å². The minimum absolute atomic E-state index is 0.125. The monoisotopic (exact) mass is 749 g/mol. The van der Waals surface area contributed by atoms with E-state index in [1.54, 1.807) is 78.5 Å². The summed E-state index contributed by atoms with van der Waals surface area (Å²) in [5.41, 5.74) is 2.68. The van der Waals surface area contributed by atoms with E-state index in [4.69, 9.17) is 16.6 Å². The van der Waals surface area contributed by atoms with Crippen molar-refractivity contribution in [3.05, 3.63) is 147 Å². The number of benzene rings is 5. The molecule has 4 amide bonds. The molecule has 264 valence electrons. The van der Waals surface area contributed by atoms with Crippen molar-refractivity contribution in [2.75, 3.05) is 10.7 Å². The van der Waals surface area contributed by atoms with Crippen LogP contribution in [0.5, 0.6) is 0 Å². The Kier molecular flexibility index (Phi) is 8.06. The fourth-order valence-electron chi connectivity index (χ4n) is 7.65. The van der Waals surface area contributed by atoms with Gasteiger partial charge in [-0.1, -0.05) is 61.3 Å². The fourth-order valence-corrected chi connectivity index (χ4v) is 8.85. The molecule has 1 aliphatic carbocycles. The summed E-state index contributed by atoms with van der Waals surface area (Å²) in [5.74, 6) is -3.30. The number of aromatic nitrogens is 1. The number of fused-ring (bicyclic) bond motifs is 3. The van der Waals surface area contributed by atoms with Crippen molar-refractivity contribution in [2.45, 2.75) is 37.1 Å². The molecule has 0 N–H and O–H groups in total. The third-order valence-corrected chi connectivity index (χ3v) is 11.6. The molecule has 1 aromatic heterocycles. The second-order valence-corrected chi connectivity index (χ2v) is 15.1. The molecule has 1 atom stereocenters. The number of hydrogen-bond donors (Lipinski definition) is 0. The maximum absolute atomic E-state index is 14.1. The Bertz CT molecular complexity index is 2680. The van der Waals surface area contributed by atoms with Crippen molar-refractivity contribution in [2.24, 2.45) is 0 Å². The number of nitrogens with zero attached hydrogens (tertiary/aromatic N) is 3. The van der Waals surface area contributed by atoms with E-state index >= 15 is 0 Å². The molecule has 0 bridgehead atoms. The highest BCUT2D eigenvalue weighted by Gasteiger charge is 2.42. The van der Waals surface area contributed by atoms with Crippen LogP contribution in [0.25, 0.3) is 21.7 Å². The van der Waals surface area contributed by atoms with Gasteiger partial charge in [-0.15, -0.1) is 11.8 Å². The number of Topliss-reactive ketones (excluding diaryl/α,β-unsaturated/α-hetero) is 2. The summed E-state index contributed by atoms with van der Waals surface area (Å²) < 4.78 is 0. The van der Waals surface area contributed by atoms with Gasteiger partial charge < -0.3 is 0 Å². The number of carbonyl (C=O) groups excluding carboxylic acids is 6. The lowest BCUT2D eigenvalue weighted by Crippen LogP contribution is -2.39. The van der Waals surface area contributed by atoms with E-state index in [9.17, 15) is 28.8 Å². The second-order valence-electron chi connectivity index (χ2n) is 13.5. The maximum Gasteiger partial charge on any atom is 0.266 e. The highest BCUT2D eigenvalue weighted by Crippen LogP contribution is 2.40. The van der Waals surface area contributed by atoms with Crippen LogP contribution in [0.2, 0.25) is 5.02 Å². The van der Waals surface area contributed by atoms with Crippen LogP contribution >= 0.6 is 23.4 Å². The molecule has 2 aliphatic heterocycles. The molecular formula is C43H28ClN3O6S. The van der Waals surface area contributed by atoms with Gasteiger partial charge in [-0.05, 0) is 83.8 Å². The molecule has 1 unspecified atom stereocenters. The van der Waals surface area contributed by atoms with Gasteiger partial charge in [0.05, 0.1) is 34.6 Å². The summed E-state index contributed by atoms with van der Waals surface area (Å²) in [6.45, 7) is 1.96. The van der Waals surface area contributed by atoms with Crippen LogP contribution in [0.3, 0.4) is 0 Å². The molecule has 11 heteroatoms. The van der Waals surface area contributed by atoms with Crippen LogP contribution in [0, 0.1) is 0 Å². The first-order valence-corrected chi connectivity index (χ1v) is 18.9. The SMILES string of the molecule is CCCCSc1ccc2c(c1)C(=O)N(c1ccc(CN3C(=O)c4cccc5cccc(c45)C3=O)c3ccc(C4C(=O)c5ccc(Cl)cc5C4=O)nc13)C2=O. The van der Waals surface area contributed by atoms with Crippen molar-refractivity contribution in [1.29, 1.82) is 0 Å². The van der Waals surface area contributed by atoms with Crippen molar-refractivity contribution >= 4 is 85.9 Å². The van der Waals surface area contributed by atoms with Crippen LogP contribution in [-0.2, 0) is 6.54 Å². The van der Waals surface area contributed by atoms with E-state index in [2.05, 4.69) is 6.92 Å². The molecule has 0 fully saturated rings. The highest BCUT2D eigenvalue weighted by atomic mass is 35.5. The molecule has 3 heterocycles. The third-order valence-electron chi connectivity index (χ3n) is 10.3. The zero-order chi connectivity index (χ0) is 37.4. The number of carbonyl (C=O) groups is 6. The molecular weight excluding hydrogens is 722 g/mol. The quantitative estimate of drug-likeness (QED) is 0.0656. The van der Waals surface area contributed by atoms with Crippen molar-refractivity contribution in [3.8, 4) is 0 Å². The maximum atomic E-state index is 14.1. The smallest absolute Gasteiger partial charge is 0.266 e. The number of thioether (sulfide) groups is 1. The second kappa shape index (κ2) is 12.9. The number of pyridine rings is 1.